The molecule has 2 N–H and O–H groups in total. The van der Waals surface area contributed by atoms with Gasteiger partial charge >= 0.3 is 18.0 Å². The monoisotopic (exact) mass is 484 g/mol. The largest absolute Gasteiger partial charge is 0.467 e. The molecule has 0 unspecified atom stereocenters. The lowest BCUT2D eigenvalue weighted by molar-refractivity contribution is -0.147. The molecule has 9 nitrogen and oxygen atoms in total. The van der Waals surface area contributed by atoms with Crippen LogP contribution in [-0.2, 0) is 41.6 Å². The number of amides is 2. The third kappa shape index (κ3) is 10.3. The van der Waals surface area contributed by atoms with Gasteiger partial charge in [0.05, 0.1) is 13.5 Å². The van der Waals surface area contributed by atoms with E-state index in [4.69, 9.17) is 14.2 Å². The number of esters is 2. The van der Waals surface area contributed by atoms with E-state index in [1.165, 1.54) is 7.11 Å². The Kier molecular flexibility index (Phi) is 10.3. The highest BCUT2D eigenvalue weighted by Crippen LogP contribution is 2.10. The van der Waals surface area contributed by atoms with Crippen molar-refractivity contribution in [3.63, 3.8) is 0 Å². The number of benzene rings is 2. The van der Waals surface area contributed by atoms with Crippen LogP contribution < -0.4 is 10.6 Å². The Balaban J connectivity index is 2.12. The van der Waals surface area contributed by atoms with Gasteiger partial charge in [-0.3, -0.25) is 9.59 Å². The van der Waals surface area contributed by atoms with Gasteiger partial charge in [0.25, 0.3) is 0 Å². The molecule has 0 aliphatic heterocycles. The predicted molar refractivity (Wildman–Crippen MR) is 128 cm³/mol. The lowest BCUT2D eigenvalue weighted by Crippen LogP contribution is -2.53. The molecule has 0 aliphatic carbocycles. The quantitative estimate of drug-likeness (QED) is 0.393. The van der Waals surface area contributed by atoms with E-state index < -0.39 is 48.0 Å². The Morgan fingerprint density at radius 3 is 1.94 bits per heavy atom. The van der Waals surface area contributed by atoms with Crippen molar-refractivity contribution >= 4 is 23.9 Å². The van der Waals surface area contributed by atoms with Crippen molar-refractivity contribution in [3.8, 4) is 0 Å². The van der Waals surface area contributed by atoms with Crippen LogP contribution in [0, 0.1) is 0 Å². The van der Waals surface area contributed by atoms with E-state index in [1.54, 1.807) is 57.2 Å². The number of alkyl carbamates (subject to hydrolysis) is 1. The van der Waals surface area contributed by atoms with Crippen LogP contribution in [-0.4, -0.2) is 48.7 Å². The molecular weight excluding hydrogens is 452 g/mol. The standard InChI is InChI=1S/C26H32N2O7/c1-26(2,3)35-25(32)28-20(16-22(29)34-17-19-13-9-6-10-14-19)23(30)27-21(24(31)33-4)15-18-11-7-5-8-12-18/h5-14,20-21H,15-17H2,1-4H3,(H,27,30)(H,28,32)/t20-,21-/m0/s1. The molecule has 35 heavy (non-hydrogen) atoms. The first kappa shape index (κ1) is 27.4. The van der Waals surface area contributed by atoms with E-state index in [0.717, 1.165) is 11.1 Å². The third-order valence-electron chi connectivity index (χ3n) is 4.71. The van der Waals surface area contributed by atoms with Gasteiger partial charge in [0.1, 0.15) is 24.3 Å². The fourth-order valence-electron chi connectivity index (χ4n) is 3.08. The van der Waals surface area contributed by atoms with E-state index in [0.29, 0.717) is 0 Å². The number of methoxy groups -OCH3 is 1. The highest BCUT2D eigenvalue weighted by molar-refractivity contribution is 5.92. The molecule has 0 radical (unpaired) electrons. The summed E-state index contributed by atoms with van der Waals surface area (Å²) in [7, 11) is 1.21. The summed E-state index contributed by atoms with van der Waals surface area (Å²) in [6.45, 7) is 5.02. The smallest absolute Gasteiger partial charge is 0.408 e. The Labute approximate surface area is 205 Å². The van der Waals surface area contributed by atoms with E-state index in [-0.39, 0.29) is 13.0 Å². The van der Waals surface area contributed by atoms with Crippen LogP contribution in [0.4, 0.5) is 4.79 Å². The summed E-state index contributed by atoms with van der Waals surface area (Å²) in [4.78, 5) is 50.2. The average molecular weight is 485 g/mol. The maximum Gasteiger partial charge on any atom is 0.408 e. The van der Waals surface area contributed by atoms with Crippen molar-refractivity contribution in [3.05, 3.63) is 71.8 Å². The molecule has 2 rings (SSSR count). The van der Waals surface area contributed by atoms with Crippen molar-refractivity contribution in [2.24, 2.45) is 0 Å². The number of carbonyl (C=O) groups is 4. The van der Waals surface area contributed by atoms with Crippen LogP contribution in [0.15, 0.2) is 60.7 Å². The lowest BCUT2D eigenvalue weighted by atomic mass is 10.1. The maximum atomic E-state index is 13.1. The zero-order valence-electron chi connectivity index (χ0n) is 20.4. The topological polar surface area (TPSA) is 120 Å². The van der Waals surface area contributed by atoms with Gasteiger partial charge in [0, 0.05) is 6.42 Å². The molecule has 0 bridgehead atoms. The second-order valence-electron chi connectivity index (χ2n) is 8.82. The molecule has 2 aromatic rings. The molecule has 0 spiro atoms. The maximum absolute atomic E-state index is 13.1. The molecule has 0 saturated heterocycles. The number of hydrogen-bond acceptors (Lipinski definition) is 7. The fourth-order valence-corrected chi connectivity index (χ4v) is 3.08. The summed E-state index contributed by atoms with van der Waals surface area (Å²) in [6, 6.07) is 15.7. The van der Waals surface area contributed by atoms with E-state index in [1.807, 2.05) is 24.3 Å². The number of ether oxygens (including phenoxy) is 3. The molecule has 188 valence electrons. The van der Waals surface area contributed by atoms with E-state index in [2.05, 4.69) is 10.6 Å². The Hall–Kier alpha value is -3.88. The van der Waals surface area contributed by atoms with Crippen LogP contribution in [0.1, 0.15) is 38.3 Å². The van der Waals surface area contributed by atoms with Crippen molar-refractivity contribution in [1.29, 1.82) is 0 Å². The lowest BCUT2D eigenvalue weighted by Gasteiger charge is -2.24. The predicted octanol–water partition coefficient (Wildman–Crippen LogP) is 2.91. The molecule has 0 saturated carbocycles. The van der Waals surface area contributed by atoms with Crippen molar-refractivity contribution < 1.29 is 33.4 Å². The van der Waals surface area contributed by atoms with Crippen LogP contribution in [0.5, 0.6) is 0 Å². The first-order valence-electron chi connectivity index (χ1n) is 11.2. The third-order valence-corrected chi connectivity index (χ3v) is 4.71. The second kappa shape index (κ2) is 13.1. The molecule has 0 fully saturated rings. The zero-order valence-corrected chi connectivity index (χ0v) is 20.4. The van der Waals surface area contributed by atoms with Gasteiger partial charge in [0.2, 0.25) is 5.91 Å². The van der Waals surface area contributed by atoms with Gasteiger partial charge in [-0.05, 0) is 31.9 Å². The van der Waals surface area contributed by atoms with Crippen molar-refractivity contribution in [1.82, 2.24) is 10.6 Å². The minimum Gasteiger partial charge on any atom is -0.467 e. The Morgan fingerprint density at radius 2 is 1.40 bits per heavy atom. The second-order valence-corrected chi connectivity index (χ2v) is 8.82. The van der Waals surface area contributed by atoms with E-state index >= 15 is 0 Å². The summed E-state index contributed by atoms with van der Waals surface area (Å²) < 4.78 is 15.3. The molecule has 2 atom stereocenters. The molecular formula is C26H32N2O7. The van der Waals surface area contributed by atoms with Crippen molar-refractivity contribution in [2.45, 2.75) is 57.9 Å². The highest BCUT2D eigenvalue weighted by atomic mass is 16.6. The van der Waals surface area contributed by atoms with Gasteiger partial charge in [-0.1, -0.05) is 60.7 Å². The fraction of sp³-hybridized carbons (Fsp3) is 0.385. The average Bonchev–Trinajstić information content (AvgIpc) is 2.81. The first-order chi connectivity index (χ1) is 16.6. The summed E-state index contributed by atoms with van der Waals surface area (Å²) in [5.74, 6) is -2.12. The molecule has 0 heterocycles. The summed E-state index contributed by atoms with van der Waals surface area (Å²) in [6.07, 6.45) is -1.18. The van der Waals surface area contributed by atoms with Crippen LogP contribution in [0.2, 0.25) is 0 Å². The van der Waals surface area contributed by atoms with Gasteiger partial charge in [0.15, 0.2) is 0 Å². The zero-order chi connectivity index (χ0) is 25.8. The van der Waals surface area contributed by atoms with Gasteiger partial charge in [-0.15, -0.1) is 0 Å². The van der Waals surface area contributed by atoms with Crippen molar-refractivity contribution in [2.75, 3.05) is 7.11 Å². The minimum atomic E-state index is -1.34. The first-order valence-corrected chi connectivity index (χ1v) is 11.2. The Bertz CT molecular complexity index is 988. The molecule has 2 amide bonds. The minimum absolute atomic E-state index is 0.0131. The van der Waals surface area contributed by atoms with Gasteiger partial charge in [-0.25, -0.2) is 9.59 Å². The molecule has 2 aromatic carbocycles. The van der Waals surface area contributed by atoms with Gasteiger partial charge < -0.3 is 24.8 Å². The highest BCUT2D eigenvalue weighted by Gasteiger charge is 2.31. The Morgan fingerprint density at radius 1 is 0.829 bits per heavy atom. The summed E-state index contributed by atoms with van der Waals surface area (Å²) in [5, 5.41) is 4.97. The molecule has 0 aliphatic rings. The number of nitrogens with one attached hydrogen (secondary N) is 2. The van der Waals surface area contributed by atoms with Crippen LogP contribution in [0.3, 0.4) is 0 Å². The SMILES string of the molecule is COC(=O)[C@H](Cc1ccccc1)NC(=O)[C@H](CC(=O)OCc1ccccc1)NC(=O)OC(C)(C)C. The molecule has 0 aromatic heterocycles. The number of carbonyl (C=O) groups excluding carboxylic acids is 4. The van der Waals surface area contributed by atoms with Gasteiger partial charge in [-0.2, -0.15) is 0 Å². The van der Waals surface area contributed by atoms with E-state index in [9.17, 15) is 19.2 Å². The van der Waals surface area contributed by atoms with Crippen LogP contribution in [0.25, 0.3) is 0 Å². The summed E-state index contributed by atoms with van der Waals surface area (Å²) >= 11 is 0. The molecule has 9 heteroatoms. The normalized spacial score (nSPS) is 12.6. The number of hydrogen-bond donors (Lipinski definition) is 2. The van der Waals surface area contributed by atoms with Crippen LogP contribution >= 0.6 is 0 Å². The summed E-state index contributed by atoms with van der Waals surface area (Å²) in [5.41, 5.74) is 0.749. The number of rotatable bonds is 10.